The van der Waals surface area contributed by atoms with Crippen molar-refractivity contribution in [3.05, 3.63) is 22.2 Å². The van der Waals surface area contributed by atoms with Gasteiger partial charge in [-0.25, -0.2) is 0 Å². The smallest absolute Gasteiger partial charge is 0.135 e. The Morgan fingerprint density at radius 3 is 2.42 bits per heavy atom. The normalized spacial score (nSPS) is 30.8. The second-order valence-corrected chi connectivity index (χ2v) is 7.65. The summed E-state index contributed by atoms with van der Waals surface area (Å²) in [5.74, 6) is 0.0551. The van der Waals surface area contributed by atoms with Crippen LogP contribution in [0.15, 0.2) is 17.0 Å². The summed E-state index contributed by atoms with van der Waals surface area (Å²) in [6, 6.07) is 4.77. The van der Waals surface area contributed by atoms with E-state index in [9.17, 15) is 5.11 Å². The fourth-order valence-electron chi connectivity index (χ4n) is 3.25. The Bertz CT molecular complexity index is 483. The maximum absolute atomic E-state index is 9.53. The topological polar surface area (TPSA) is 23.5 Å². The summed E-state index contributed by atoms with van der Waals surface area (Å²) >= 11 is 14.0. The average molecular weight is 318 g/mol. The Morgan fingerprint density at radius 2 is 1.79 bits per heavy atom. The third kappa shape index (κ3) is 2.71. The summed E-state index contributed by atoms with van der Waals surface area (Å²) in [7, 11) is 2.24. The number of thioether (sulfide) groups is 1. The Morgan fingerprint density at radius 1 is 1.16 bits per heavy atom. The molecule has 0 spiro atoms. The summed E-state index contributed by atoms with van der Waals surface area (Å²) in [6.45, 7) is 0. The Hall–Kier alpha value is -0.0900. The minimum absolute atomic E-state index is 0.0551. The Labute approximate surface area is 128 Å². The predicted octanol–water partition coefficient (Wildman–Crippen LogP) is 4.42. The van der Waals surface area contributed by atoms with Crippen LogP contribution in [0, 0.1) is 0 Å². The zero-order chi connectivity index (χ0) is 13.6. The van der Waals surface area contributed by atoms with E-state index in [0.717, 1.165) is 17.0 Å². The summed E-state index contributed by atoms with van der Waals surface area (Å²) < 4.78 is 0. The van der Waals surface area contributed by atoms with Gasteiger partial charge in [0.25, 0.3) is 0 Å². The first kappa shape index (κ1) is 13.9. The van der Waals surface area contributed by atoms with Crippen LogP contribution in [0.1, 0.15) is 25.7 Å². The second kappa shape index (κ2) is 5.36. The highest BCUT2D eigenvalue weighted by atomic mass is 35.5. The Kier molecular flexibility index (Phi) is 3.91. The van der Waals surface area contributed by atoms with Gasteiger partial charge in [0.2, 0.25) is 0 Å². The van der Waals surface area contributed by atoms with Crippen LogP contribution in [0.3, 0.4) is 0 Å². The van der Waals surface area contributed by atoms with Gasteiger partial charge in [0.15, 0.2) is 0 Å². The summed E-state index contributed by atoms with van der Waals surface area (Å²) in [5.41, 5.74) is 0. The number of piperidine rings is 1. The number of rotatable bonds is 2. The highest BCUT2D eigenvalue weighted by Crippen LogP contribution is 2.44. The average Bonchev–Trinajstić information content (AvgIpc) is 2.60. The largest absolute Gasteiger partial charge is 0.506 e. The van der Waals surface area contributed by atoms with Gasteiger partial charge in [-0.3, -0.25) is 0 Å². The molecule has 2 nitrogen and oxygen atoms in total. The van der Waals surface area contributed by atoms with Crippen molar-refractivity contribution in [3.8, 4) is 5.75 Å². The lowest BCUT2D eigenvalue weighted by Gasteiger charge is -2.36. The minimum atomic E-state index is 0.0551. The number of halogens is 2. The first-order valence-electron chi connectivity index (χ1n) is 6.61. The van der Waals surface area contributed by atoms with Crippen molar-refractivity contribution < 1.29 is 5.11 Å². The van der Waals surface area contributed by atoms with Crippen molar-refractivity contribution in [2.75, 3.05) is 7.05 Å². The van der Waals surface area contributed by atoms with Gasteiger partial charge in [0.1, 0.15) is 5.75 Å². The molecule has 0 amide bonds. The van der Waals surface area contributed by atoms with Crippen molar-refractivity contribution in [2.24, 2.45) is 0 Å². The molecule has 2 unspecified atom stereocenters. The van der Waals surface area contributed by atoms with Gasteiger partial charge in [-0.05, 0) is 38.8 Å². The number of phenolic OH excluding ortho intramolecular Hbond substituents is 1. The fourth-order valence-corrected chi connectivity index (χ4v) is 5.12. The molecule has 1 N–H and O–H groups in total. The molecule has 2 fully saturated rings. The van der Waals surface area contributed by atoms with E-state index in [1.807, 2.05) is 11.8 Å². The van der Waals surface area contributed by atoms with Crippen molar-refractivity contribution in [3.63, 3.8) is 0 Å². The van der Waals surface area contributed by atoms with Crippen LogP contribution in [-0.2, 0) is 0 Å². The lowest BCUT2D eigenvalue weighted by atomic mass is 10.0. The number of fused-ring (bicyclic) bond motifs is 2. The maximum atomic E-state index is 9.53. The summed E-state index contributed by atoms with van der Waals surface area (Å²) in [5, 5.41) is 11.1. The van der Waals surface area contributed by atoms with E-state index in [1.54, 1.807) is 6.07 Å². The van der Waals surface area contributed by atoms with Crippen molar-refractivity contribution in [1.82, 2.24) is 4.90 Å². The SMILES string of the molecule is CN1C2CCC1CC(Sc1cc(Cl)c(O)cc1Cl)C2. The molecule has 104 valence electrons. The monoisotopic (exact) mass is 317 g/mol. The molecular formula is C14H17Cl2NOS. The molecule has 1 aromatic rings. The van der Waals surface area contributed by atoms with Crippen molar-refractivity contribution >= 4 is 35.0 Å². The molecule has 2 heterocycles. The number of aromatic hydroxyl groups is 1. The van der Waals surface area contributed by atoms with Crippen LogP contribution in [-0.4, -0.2) is 34.4 Å². The van der Waals surface area contributed by atoms with Crippen LogP contribution in [0.2, 0.25) is 10.0 Å². The quantitative estimate of drug-likeness (QED) is 0.873. The van der Waals surface area contributed by atoms with E-state index in [4.69, 9.17) is 23.2 Å². The molecule has 3 rings (SSSR count). The molecule has 2 bridgehead atoms. The van der Waals surface area contributed by atoms with Gasteiger partial charge < -0.3 is 10.0 Å². The van der Waals surface area contributed by atoms with Crippen LogP contribution in [0.25, 0.3) is 0 Å². The number of hydrogen-bond acceptors (Lipinski definition) is 3. The second-order valence-electron chi connectivity index (χ2n) is 5.50. The van der Waals surface area contributed by atoms with Crippen molar-refractivity contribution in [1.29, 1.82) is 0 Å². The zero-order valence-corrected chi connectivity index (χ0v) is 13.1. The standard InChI is InChI=1S/C14H17Cl2NOS/c1-17-8-2-3-9(17)5-10(4-8)19-14-7-11(15)13(18)6-12(14)16/h6-10,18H,2-5H2,1H3. The molecule has 1 aromatic carbocycles. The summed E-state index contributed by atoms with van der Waals surface area (Å²) in [4.78, 5) is 3.51. The molecule has 2 aliphatic rings. The molecule has 2 saturated heterocycles. The van der Waals surface area contributed by atoms with Crippen LogP contribution in [0.5, 0.6) is 5.75 Å². The maximum Gasteiger partial charge on any atom is 0.135 e. The third-order valence-corrected chi connectivity index (χ3v) is 6.39. The van der Waals surface area contributed by atoms with Gasteiger partial charge in [-0.1, -0.05) is 23.2 Å². The molecule has 2 aliphatic heterocycles. The molecular weight excluding hydrogens is 301 g/mol. The molecule has 0 radical (unpaired) electrons. The molecule has 5 heteroatoms. The lowest BCUT2D eigenvalue weighted by molar-refractivity contribution is 0.183. The van der Waals surface area contributed by atoms with E-state index >= 15 is 0 Å². The minimum Gasteiger partial charge on any atom is -0.506 e. The molecule has 19 heavy (non-hydrogen) atoms. The van der Waals surface area contributed by atoms with Gasteiger partial charge in [-0.15, -0.1) is 11.8 Å². The van der Waals surface area contributed by atoms with Crippen molar-refractivity contribution in [2.45, 2.75) is 47.9 Å². The van der Waals surface area contributed by atoms with E-state index < -0.39 is 0 Å². The van der Waals surface area contributed by atoms with Crippen LogP contribution in [0.4, 0.5) is 0 Å². The van der Waals surface area contributed by atoms with Gasteiger partial charge in [-0.2, -0.15) is 0 Å². The summed E-state index contributed by atoms with van der Waals surface area (Å²) in [6.07, 6.45) is 5.07. The molecule has 0 aliphatic carbocycles. The van der Waals surface area contributed by atoms with E-state index in [-0.39, 0.29) is 5.75 Å². The zero-order valence-electron chi connectivity index (χ0n) is 10.8. The van der Waals surface area contributed by atoms with Crippen LogP contribution < -0.4 is 0 Å². The van der Waals surface area contributed by atoms with Gasteiger partial charge in [0, 0.05) is 28.3 Å². The number of hydrogen-bond donors (Lipinski definition) is 1. The van der Waals surface area contributed by atoms with Gasteiger partial charge in [0.05, 0.1) is 10.0 Å². The third-order valence-electron chi connectivity index (χ3n) is 4.35. The van der Waals surface area contributed by atoms with Crippen LogP contribution >= 0.6 is 35.0 Å². The highest BCUT2D eigenvalue weighted by Gasteiger charge is 2.38. The first-order chi connectivity index (χ1) is 9.04. The number of benzene rings is 1. The fraction of sp³-hybridized carbons (Fsp3) is 0.571. The lowest BCUT2D eigenvalue weighted by Crippen LogP contribution is -2.40. The molecule has 0 aromatic heterocycles. The molecule has 2 atom stereocenters. The van der Waals surface area contributed by atoms with E-state index in [0.29, 0.717) is 15.3 Å². The number of phenols is 1. The predicted molar refractivity (Wildman–Crippen MR) is 81.6 cm³/mol. The van der Waals surface area contributed by atoms with E-state index in [2.05, 4.69) is 11.9 Å². The van der Waals surface area contributed by atoms with Gasteiger partial charge >= 0.3 is 0 Å². The highest BCUT2D eigenvalue weighted by molar-refractivity contribution is 8.00. The molecule has 0 saturated carbocycles. The van der Waals surface area contributed by atoms with E-state index in [1.165, 1.54) is 31.7 Å². The Balaban J connectivity index is 1.74. The first-order valence-corrected chi connectivity index (χ1v) is 8.24. The number of nitrogens with zero attached hydrogens (tertiary/aromatic N) is 1.